The molecular formula is C34H53F5OS. The second-order valence-corrected chi connectivity index (χ2v) is 15.4. The van der Waals surface area contributed by atoms with Gasteiger partial charge in [0.05, 0.1) is 0 Å². The smallest absolute Gasteiger partial charge is 0.295 e. The number of fused-ring (bicyclic) bond motifs is 5. The van der Waals surface area contributed by atoms with Crippen molar-refractivity contribution in [3.05, 3.63) is 11.6 Å². The van der Waals surface area contributed by atoms with Gasteiger partial charge in [-0.3, -0.25) is 4.79 Å². The third kappa shape index (κ3) is 8.12. The summed E-state index contributed by atoms with van der Waals surface area (Å²) >= 11 is 1.49. The van der Waals surface area contributed by atoms with Crippen LogP contribution in [0.25, 0.3) is 0 Å². The topological polar surface area (TPSA) is 17.1 Å². The predicted octanol–water partition coefficient (Wildman–Crippen LogP) is 11.2. The summed E-state index contributed by atoms with van der Waals surface area (Å²) in [5, 5.41) is 0. The molecule has 3 fully saturated rings. The van der Waals surface area contributed by atoms with Crippen LogP contribution in [0.15, 0.2) is 11.6 Å². The molecule has 6 unspecified atom stereocenters. The molecule has 1 nitrogen and oxygen atoms in total. The average Bonchev–Trinajstić information content (AvgIpc) is 3.21. The molecule has 0 amide bonds. The maximum absolute atomic E-state index is 12.9. The molecule has 0 saturated heterocycles. The van der Waals surface area contributed by atoms with Crippen LogP contribution in [0.1, 0.15) is 129 Å². The van der Waals surface area contributed by atoms with Gasteiger partial charge in [0.1, 0.15) is 0 Å². The van der Waals surface area contributed by atoms with Crippen LogP contribution in [0.2, 0.25) is 0 Å². The van der Waals surface area contributed by atoms with Crippen LogP contribution in [0.3, 0.4) is 0 Å². The molecule has 0 aromatic heterocycles. The van der Waals surface area contributed by atoms with E-state index < -0.39 is 18.5 Å². The van der Waals surface area contributed by atoms with Gasteiger partial charge < -0.3 is 0 Å². The van der Waals surface area contributed by atoms with Crippen molar-refractivity contribution in [1.82, 2.24) is 0 Å². The minimum atomic E-state index is -5.43. The fraction of sp³-hybridized carbons (Fsp3) is 0.912. The number of hydrogen-bond acceptors (Lipinski definition) is 2. The Morgan fingerprint density at radius 2 is 1.54 bits per heavy atom. The standard InChI is InChI=1S/C34H53F5OS/c1-24-13-16-30-31-25(22-26-23-27(40)14-15-28(26)29(31)17-19-32(24,30)2)12-9-7-5-3-4-6-8-10-20-41-21-11-18-33(35,36)34(37,38)39/h23-25,28-31H,3-22H2,1-2H3/t24?,25?,28?,29?,30?,31?,32-/m1/s1. The zero-order valence-electron chi connectivity index (χ0n) is 25.4. The highest BCUT2D eigenvalue weighted by molar-refractivity contribution is 7.99. The van der Waals surface area contributed by atoms with Crippen LogP contribution in [-0.4, -0.2) is 29.4 Å². The normalized spacial score (nSPS) is 33.7. The van der Waals surface area contributed by atoms with Gasteiger partial charge in [-0.05, 0) is 116 Å². The van der Waals surface area contributed by atoms with Gasteiger partial charge in [0.25, 0.3) is 0 Å². The zero-order valence-corrected chi connectivity index (χ0v) is 26.2. The van der Waals surface area contributed by atoms with Gasteiger partial charge in [-0.25, -0.2) is 0 Å². The summed E-state index contributed by atoms with van der Waals surface area (Å²) in [7, 11) is 0. The summed E-state index contributed by atoms with van der Waals surface area (Å²) in [6, 6.07) is 0. The van der Waals surface area contributed by atoms with Gasteiger partial charge >= 0.3 is 12.1 Å². The maximum atomic E-state index is 12.9. The van der Waals surface area contributed by atoms with E-state index >= 15 is 0 Å². The van der Waals surface area contributed by atoms with Crippen LogP contribution < -0.4 is 0 Å². The molecule has 7 atom stereocenters. The number of thioether (sulfide) groups is 1. The third-order valence-electron chi connectivity index (χ3n) is 11.8. The lowest BCUT2D eigenvalue weighted by Crippen LogP contribution is -2.49. The number of allylic oxidation sites excluding steroid dienone is 1. The van der Waals surface area contributed by atoms with Crippen LogP contribution in [0.5, 0.6) is 0 Å². The van der Waals surface area contributed by atoms with E-state index in [1.54, 1.807) is 0 Å². The number of ketones is 1. The molecule has 0 aromatic carbocycles. The Morgan fingerprint density at radius 3 is 2.24 bits per heavy atom. The Morgan fingerprint density at radius 1 is 0.878 bits per heavy atom. The van der Waals surface area contributed by atoms with E-state index in [9.17, 15) is 26.7 Å². The van der Waals surface area contributed by atoms with E-state index in [1.165, 1.54) is 94.4 Å². The van der Waals surface area contributed by atoms with Crippen molar-refractivity contribution in [1.29, 1.82) is 0 Å². The summed E-state index contributed by atoms with van der Waals surface area (Å²) in [5.41, 5.74) is 2.02. The van der Waals surface area contributed by atoms with E-state index in [2.05, 4.69) is 13.8 Å². The van der Waals surface area contributed by atoms with E-state index in [0.717, 1.165) is 61.0 Å². The molecule has 4 rings (SSSR count). The zero-order chi connectivity index (χ0) is 29.7. The van der Waals surface area contributed by atoms with Crippen LogP contribution in [0, 0.1) is 40.9 Å². The number of rotatable bonds is 15. The second-order valence-electron chi connectivity index (χ2n) is 14.2. The number of unbranched alkanes of at least 4 members (excludes halogenated alkanes) is 7. The third-order valence-corrected chi connectivity index (χ3v) is 12.9. The molecule has 0 aromatic rings. The van der Waals surface area contributed by atoms with E-state index in [0.29, 0.717) is 22.9 Å². The van der Waals surface area contributed by atoms with Crippen molar-refractivity contribution in [2.24, 2.45) is 40.9 Å². The van der Waals surface area contributed by atoms with E-state index in [1.807, 2.05) is 6.08 Å². The fourth-order valence-corrected chi connectivity index (χ4v) is 10.2. The summed E-state index contributed by atoms with van der Waals surface area (Å²) in [6.45, 7) is 5.09. The first-order chi connectivity index (χ1) is 19.4. The minimum Gasteiger partial charge on any atom is -0.295 e. The van der Waals surface area contributed by atoms with Crippen molar-refractivity contribution >= 4 is 17.5 Å². The molecule has 0 bridgehead atoms. The molecule has 3 saturated carbocycles. The molecular weight excluding hydrogens is 551 g/mol. The fourth-order valence-electron chi connectivity index (χ4n) is 9.25. The van der Waals surface area contributed by atoms with Gasteiger partial charge in [0, 0.05) is 12.8 Å². The highest BCUT2D eigenvalue weighted by atomic mass is 32.2. The number of hydrogen-bond donors (Lipinski definition) is 0. The molecule has 0 radical (unpaired) electrons. The van der Waals surface area contributed by atoms with Gasteiger partial charge in [-0.1, -0.05) is 64.4 Å². The van der Waals surface area contributed by atoms with Gasteiger partial charge in [0.15, 0.2) is 5.78 Å². The summed E-state index contributed by atoms with van der Waals surface area (Å²) in [6.07, 6.45) is 14.9. The van der Waals surface area contributed by atoms with Crippen LogP contribution in [0.4, 0.5) is 22.0 Å². The maximum Gasteiger partial charge on any atom is 0.453 e. The van der Waals surface area contributed by atoms with Gasteiger partial charge in [-0.2, -0.15) is 33.7 Å². The van der Waals surface area contributed by atoms with Crippen molar-refractivity contribution in [3.63, 3.8) is 0 Å². The number of carbonyl (C=O) groups is 1. The highest BCUT2D eigenvalue weighted by Crippen LogP contribution is 2.65. The van der Waals surface area contributed by atoms with Gasteiger partial charge in [0.2, 0.25) is 0 Å². The summed E-state index contributed by atoms with van der Waals surface area (Å²) in [4.78, 5) is 12.3. The molecule has 0 N–H and O–H groups in total. The predicted molar refractivity (Wildman–Crippen MR) is 159 cm³/mol. The minimum absolute atomic E-state index is 0.102. The lowest BCUT2D eigenvalue weighted by Gasteiger charge is -2.56. The molecule has 0 aliphatic heterocycles. The first kappa shape index (κ1) is 33.3. The molecule has 7 heteroatoms. The highest BCUT2D eigenvalue weighted by Gasteiger charge is 2.58. The van der Waals surface area contributed by atoms with Crippen molar-refractivity contribution < 1.29 is 26.7 Å². The molecule has 0 heterocycles. The summed E-state index contributed by atoms with van der Waals surface area (Å²) < 4.78 is 62.4. The summed E-state index contributed by atoms with van der Waals surface area (Å²) in [5.74, 6) is 1.79. The Balaban J connectivity index is 1.10. The Labute approximate surface area is 249 Å². The number of halogens is 5. The molecule has 4 aliphatic rings. The van der Waals surface area contributed by atoms with Crippen molar-refractivity contribution in [2.75, 3.05) is 11.5 Å². The SMILES string of the molecule is CC1CCC2C3C(CCCCCCCCCCSCCCC(F)(F)C(F)(F)F)CC4=CC(=O)CCC4C3CC[C@]12C. The molecule has 41 heavy (non-hydrogen) atoms. The first-order valence-corrected chi connectivity index (χ1v) is 17.8. The van der Waals surface area contributed by atoms with E-state index in [-0.39, 0.29) is 6.42 Å². The average molecular weight is 605 g/mol. The lowest BCUT2D eigenvalue weighted by atomic mass is 9.48. The first-order valence-electron chi connectivity index (χ1n) is 16.7. The van der Waals surface area contributed by atoms with E-state index in [4.69, 9.17) is 0 Å². The van der Waals surface area contributed by atoms with Gasteiger partial charge in [-0.15, -0.1) is 0 Å². The molecule has 0 spiro atoms. The Hall–Kier alpha value is -0.590. The largest absolute Gasteiger partial charge is 0.453 e. The number of carbonyl (C=O) groups excluding carboxylic acids is 1. The molecule has 236 valence electrons. The lowest BCUT2D eigenvalue weighted by molar-refractivity contribution is -0.284. The Bertz CT molecular complexity index is 885. The van der Waals surface area contributed by atoms with Crippen LogP contribution >= 0.6 is 11.8 Å². The van der Waals surface area contributed by atoms with Crippen molar-refractivity contribution in [3.8, 4) is 0 Å². The number of alkyl halides is 5. The van der Waals surface area contributed by atoms with Crippen molar-refractivity contribution in [2.45, 2.75) is 142 Å². The molecule has 4 aliphatic carbocycles. The monoisotopic (exact) mass is 604 g/mol. The second kappa shape index (κ2) is 14.5. The van der Waals surface area contributed by atoms with Crippen LogP contribution in [-0.2, 0) is 4.79 Å². The quantitative estimate of drug-likeness (QED) is 0.137. The Kier molecular flexibility index (Phi) is 11.7.